The fourth-order valence-corrected chi connectivity index (χ4v) is 7.25. The summed E-state index contributed by atoms with van der Waals surface area (Å²) in [6.45, 7) is 0. The molecule has 8 rings (SSSR count). The molecule has 0 spiro atoms. The van der Waals surface area contributed by atoms with E-state index in [-0.39, 0.29) is 23.8 Å². The second-order valence-electron chi connectivity index (χ2n) is 8.64. The third-order valence-electron chi connectivity index (χ3n) is 8.09. The van der Waals surface area contributed by atoms with Gasteiger partial charge >= 0.3 is 11.9 Å². The second-order valence-corrected chi connectivity index (χ2v) is 8.64. The van der Waals surface area contributed by atoms with Crippen molar-refractivity contribution in [2.24, 2.45) is 59.2 Å². The minimum absolute atomic E-state index is 0.00782. The summed E-state index contributed by atoms with van der Waals surface area (Å²) < 4.78 is 10.1. The molecule has 2 saturated carbocycles. The van der Waals surface area contributed by atoms with Gasteiger partial charge in [0.2, 0.25) is 0 Å². The average molecular weight is 350 g/mol. The minimum Gasteiger partial charge on any atom is -0.466 e. The highest BCUT2D eigenvalue weighted by Gasteiger charge is 2.71. The van der Waals surface area contributed by atoms with Crippen LogP contribution in [0.25, 0.3) is 0 Å². The first kappa shape index (κ1) is 15.0. The van der Waals surface area contributed by atoms with Crippen molar-refractivity contribution in [2.45, 2.75) is 0 Å². The largest absolute Gasteiger partial charge is 0.466 e. The van der Waals surface area contributed by atoms with Gasteiger partial charge in [-0.2, -0.15) is 0 Å². The molecule has 0 heterocycles. The van der Waals surface area contributed by atoms with Crippen LogP contribution in [0, 0.1) is 59.2 Å². The highest BCUT2D eigenvalue weighted by molar-refractivity contribution is 6.02. The predicted molar refractivity (Wildman–Crippen MR) is 93.4 cm³/mol. The lowest BCUT2D eigenvalue weighted by molar-refractivity contribution is -0.147. The van der Waals surface area contributed by atoms with E-state index >= 15 is 0 Å². The Balaban J connectivity index is 1.49. The van der Waals surface area contributed by atoms with Crippen LogP contribution in [0.5, 0.6) is 0 Å². The van der Waals surface area contributed by atoms with Crippen molar-refractivity contribution in [2.75, 3.05) is 14.2 Å². The van der Waals surface area contributed by atoms with E-state index in [2.05, 4.69) is 36.5 Å². The molecule has 0 aromatic heterocycles. The normalized spacial score (nSPS) is 50.4. The molecule has 8 aliphatic rings. The molecular weight excluding hydrogens is 328 g/mol. The van der Waals surface area contributed by atoms with E-state index in [1.165, 1.54) is 14.2 Å². The first-order valence-corrected chi connectivity index (χ1v) is 9.63. The SMILES string of the molecule is COC(=O)C1=C(C(=O)OC)[C@@H]2C=C[C@@H]1[C@H]1[C@H]3C4C=C[C@@H]5C([C@@H]3[C@@H]12)[C@@H]5C=C4. The van der Waals surface area contributed by atoms with Crippen molar-refractivity contribution in [3.05, 3.63) is 47.6 Å². The fraction of sp³-hybridized carbons (Fsp3) is 0.545. The van der Waals surface area contributed by atoms with Gasteiger partial charge in [-0.25, -0.2) is 9.59 Å². The van der Waals surface area contributed by atoms with Gasteiger partial charge in [0.15, 0.2) is 0 Å². The van der Waals surface area contributed by atoms with Crippen LogP contribution in [-0.4, -0.2) is 26.2 Å². The smallest absolute Gasteiger partial charge is 0.334 e. The summed E-state index contributed by atoms with van der Waals surface area (Å²) in [6, 6.07) is 0. The molecule has 26 heavy (non-hydrogen) atoms. The zero-order chi connectivity index (χ0) is 17.7. The fourth-order valence-electron chi connectivity index (χ4n) is 7.25. The third-order valence-corrected chi connectivity index (χ3v) is 8.09. The van der Waals surface area contributed by atoms with E-state index in [0.29, 0.717) is 52.6 Å². The van der Waals surface area contributed by atoms with Crippen molar-refractivity contribution < 1.29 is 19.1 Å². The number of esters is 2. The molecule has 4 heteroatoms. The van der Waals surface area contributed by atoms with Crippen LogP contribution in [0.4, 0.5) is 0 Å². The summed E-state index contributed by atoms with van der Waals surface area (Å²) in [4.78, 5) is 25.2. The summed E-state index contributed by atoms with van der Waals surface area (Å²) in [5, 5.41) is 0. The maximum Gasteiger partial charge on any atom is 0.334 e. The standard InChI is InChI=1S/C22H22O4/c1-25-21(23)18-12-7-8-13(19(18)22(24)26-2)17-16(12)14-9-3-5-10-11(6-4-9)15(10)20(14)17/h3-17,20H,1-2H3/t9?,10-,11+,12-,13-,14-,15?,16+,17-,20-/m1/s1. The molecule has 2 unspecified atom stereocenters. The van der Waals surface area contributed by atoms with Gasteiger partial charge in [0.1, 0.15) is 0 Å². The number of carbonyl (C=O) groups is 2. The Morgan fingerprint density at radius 3 is 1.65 bits per heavy atom. The molecule has 0 radical (unpaired) electrons. The van der Waals surface area contributed by atoms with Gasteiger partial charge in [-0.1, -0.05) is 36.5 Å². The lowest BCUT2D eigenvalue weighted by Crippen LogP contribution is -2.61. The van der Waals surface area contributed by atoms with Crippen molar-refractivity contribution in [3.63, 3.8) is 0 Å². The minimum atomic E-state index is -0.375. The van der Waals surface area contributed by atoms with Crippen LogP contribution >= 0.6 is 0 Å². The van der Waals surface area contributed by atoms with Gasteiger partial charge in [-0.15, -0.1) is 0 Å². The number of ether oxygens (including phenoxy) is 2. The predicted octanol–water partition coefficient (Wildman–Crippen LogP) is 2.54. The van der Waals surface area contributed by atoms with Crippen LogP contribution in [0.1, 0.15) is 0 Å². The Morgan fingerprint density at radius 2 is 1.15 bits per heavy atom. The molecule has 0 saturated heterocycles. The molecule has 10 atom stereocenters. The maximum absolute atomic E-state index is 12.6. The molecule has 6 bridgehead atoms. The summed E-state index contributed by atoms with van der Waals surface area (Å²) in [5.74, 6) is 3.87. The summed E-state index contributed by atoms with van der Waals surface area (Å²) >= 11 is 0. The number of methoxy groups -OCH3 is 2. The number of carbonyl (C=O) groups excluding carboxylic acids is 2. The highest BCUT2D eigenvalue weighted by atomic mass is 16.5. The molecule has 134 valence electrons. The molecule has 4 nitrogen and oxygen atoms in total. The summed E-state index contributed by atoms with van der Waals surface area (Å²) in [6.07, 6.45) is 14.0. The average Bonchev–Trinajstić information content (AvgIpc) is 3.39. The number of hydrogen-bond donors (Lipinski definition) is 0. The Morgan fingerprint density at radius 1 is 0.654 bits per heavy atom. The topological polar surface area (TPSA) is 52.6 Å². The Labute approximate surface area is 152 Å². The zero-order valence-electron chi connectivity index (χ0n) is 14.9. The first-order valence-electron chi connectivity index (χ1n) is 9.63. The summed E-state index contributed by atoms with van der Waals surface area (Å²) in [7, 11) is 2.79. The molecule has 2 fully saturated rings. The molecule has 0 aromatic carbocycles. The Hall–Kier alpha value is -2.10. The molecule has 0 amide bonds. The van der Waals surface area contributed by atoms with Crippen LogP contribution in [0.15, 0.2) is 47.6 Å². The van der Waals surface area contributed by atoms with Crippen LogP contribution in [0.3, 0.4) is 0 Å². The number of rotatable bonds is 2. The van der Waals surface area contributed by atoms with E-state index in [4.69, 9.17) is 9.47 Å². The summed E-state index contributed by atoms with van der Waals surface area (Å²) in [5.41, 5.74) is 1.10. The van der Waals surface area contributed by atoms with Gasteiger partial charge in [0.25, 0.3) is 0 Å². The Bertz CT molecular complexity index is 826. The molecular formula is C22H22O4. The third kappa shape index (κ3) is 1.54. The van der Waals surface area contributed by atoms with Crippen LogP contribution in [0.2, 0.25) is 0 Å². The number of allylic oxidation sites excluding steroid dienone is 6. The van der Waals surface area contributed by atoms with Crippen molar-refractivity contribution in [1.82, 2.24) is 0 Å². The lowest BCUT2D eigenvalue weighted by atomic mass is 9.40. The second kappa shape index (κ2) is 4.79. The van der Waals surface area contributed by atoms with Crippen LogP contribution in [-0.2, 0) is 19.1 Å². The molecule has 0 N–H and O–H groups in total. The van der Waals surface area contributed by atoms with Gasteiger partial charge in [0, 0.05) is 11.8 Å². The lowest BCUT2D eigenvalue weighted by Gasteiger charge is -2.63. The van der Waals surface area contributed by atoms with Crippen LogP contribution < -0.4 is 0 Å². The quantitative estimate of drug-likeness (QED) is 0.567. The Kier molecular flexibility index (Phi) is 2.76. The van der Waals surface area contributed by atoms with Gasteiger partial charge in [-0.3, -0.25) is 0 Å². The maximum atomic E-state index is 12.6. The monoisotopic (exact) mass is 350 g/mol. The molecule has 8 aliphatic carbocycles. The van der Waals surface area contributed by atoms with Gasteiger partial charge < -0.3 is 9.47 Å². The van der Waals surface area contributed by atoms with E-state index in [0.717, 1.165) is 5.92 Å². The van der Waals surface area contributed by atoms with E-state index in [1.807, 2.05) is 0 Å². The van der Waals surface area contributed by atoms with Gasteiger partial charge in [-0.05, 0) is 47.3 Å². The van der Waals surface area contributed by atoms with Crippen molar-refractivity contribution in [1.29, 1.82) is 0 Å². The van der Waals surface area contributed by atoms with Crippen molar-refractivity contribution in [3.8, 4) is 0 Å². The molecule has 0 aromatic rings. The highest BCUT2D eigenvalue weighted by Crippen LogP contribution is 2.74. The number of hydrogen-bond acceptors (Lipinski definition) is 4. The van der Waals surface area contributed by atoms with Crippen molar-refractivity contribution >= 4 is 11.9 Å². The van der Waals surface area contributed by atoms with E-state index in [9.17, 15) is 9.59 Å². The van der Waals surface area contributed by atoms with E-state index < -0.39 is 0 Å². The first-order chi connectivity index (χ1) is 12.7. The van der Waals surface area contributed by atoms with E-state index in [1.54, 1.807) is 0 Å². The zero-order valence-corrected chi connectivity index (χ0v) is 14.9. The molecule has 0 aliphatic heterocycles. The van der Waals surface area contributed by atoms with Gasteiger partial charge in [0.05, 0.1) is 25.4 Å².